The zero-order valence-electron chi connectivity index (χ0n) is 40.3. The number of aliphatic hydroxyl groups is 5. The molecule has 2 aliphatic heterocycles. The van der Waals surface area contributed by atoms with Crippen molar-refractivity contribution in [3.8, 4) is 0 Å². The number of rotatable bonds is 28. The van der Waals surface area contributed by atoms with Crippen molar-refractivity contribution in [1.29, 1.82) is 0 Å². The van der Waals surface area contributed by atoms with Crippen LogP contribution < -0.4 is 43.0 Å². The molecule has 2 fully saturated rings. The van der Waals surface area contributed by atoms with Gasteiger partial charge < -0.3 is 93.6 Å². The standard InChI is InChI=1S/C42H68N10O20/c1-6-17(2)29(47-39(68)30(18(3)55)48-37(66)26-10-8-12-52(26)41(70)31(19(4)56)49-33(62)21(43)13-27(58)59)38(67)46-24(16-54)40(69)51-11-7-9-25(51)36(65)45-23(15-53)35(64)44-22(14-28(60)61)34(63)50-32(20(5)57)42(71)72/h17-26,29-32,53-57H,6-16,43H2,1-5H3,(H,44,64)(H,45,65)(H,46,67)(H,47,68)(H,48,66)(H,49,62)(H,50,63)(H,58,59)(H,60,61)(H,71,72)/t17-,18+,19+,20+,21-,22-,23-,24-,25-,26-,29-,30-,31-,32-/m0/s1. The maximum Gasteiger partial charge on any atom is 0.328 e. The molecule has 2 saturated heterocycles. The number of carbonyl (C=O) groups is 12. The van der Waals surface area contributed by atoms with Gasteiger partial charge in [0, 0.05) is 13.1 Å². The average Bonchev–Trinajstić information content (AvgIpc) is 4.01. The van der Waals surface area contributed by atoms with Crippen LogP contribution in [0.15, 0.2) is 0 Å². The molecule has 2 heterocycles. The first-order valence-electron chi connectivity index (χ1n) is 23.0. The summed E-state index contributed by atoms with van der Waals surface area (Å²) in [5, 5.41) is 94.0. The molecule has 2 aliphatic rings. The molecule has 72 heavy (non-hydrogen) atoms. The van der Waals surface area contributed by atoms with Gasteiger partial charge in [0.05, 0.1) is 50.4 Å². The molecule has 0 aromatic carbocycles. The van der Waals surface area contributed by atoms with Crippen LogP contribution in [0.25, 0.3) is 0 Å². The molecule has 0 spiro atoms. The van der Waals surface area contributed by atoms with Gasteiger partial charge in [0.1, 0.15) is 48.3 Å². The van der Waals surface area contributed by atoms with Crippen molar-refractivity contribution >= 4 is 71.1 Å². The Labute approximate surface area is 412 Å². The number of hydrogen-bond donors (Lipinski definition) is 16. The summed E-state index contributed by atoms with van der Waals surface area (Å²) in [6.45, 7) is 4.20. The normalized spacial score (nSPS) is 20.5. The van der Waals surface area contributed by atoms with Gasteiger partial charge in [-0.2, -0.15) is 0 Å². The monoisotopic (exact) mass is 1030 g/mol. The Morgan fingerprint density at radius 3 is 1.40 bits per heavy atom. The maximum absolute atomic E-state index is 13.9. The van der Waals surface area contributed by atoms with Gasteiger partial charge in [-0.1, -0.05) is 20.3 Å². The predicted molar refractivity (Wildman–Crippen MR) is 242 cm³/mol. The first-order chi connectivity index (χ1) is 33.6. The van der Waals surface area contributed by atoms with Crippen molar-refractivity contribution in [2.24, 2.45) is 11.7 Å². The first-order valence-corrected chi connectivity index (χ1v) is 23.0. The van der Waals surface area contributed by atoms with E-state index >= 15 is 0 Å². The highest BCUT2D eigenvalue weighted by Gasteiger charge is 2.44. The van der Waals surface area contributed by atoms with E-state index in [0.717, 1.165) is 30.6 Å². The molecule has 0 unspecified atom stereocenters. The molecule has 0 saturated carbocycles. The van der Waals surface area contributed by atoms with Gasteiger partial charge in [0.25, 0.3) is 0 Å². The molecule has 0 radical (unpaired) electrons. The Morgan fingerprint density at radius 2 is 0.944 bits per heavy atom. The maximum atomic E-state index is 13.9. The summed E-state index contributed by atoms with van der Waals surface area (Å²) in [5.41, 5.74) is 5.60. The highest BCUT2D eigenvalue weighted by Crippen LogP contribution is 2.22. The van der Waals surface area contributed by atoms with Crippen LogP contribution in [-0.2, 0) is 57.5 Å². The van der Waals surface area contributed by atoms with Crippen LogP contribution >= 0.6 is 0 Å². The Kier molecular flexibility index (Phi) is 24.3. The number of carboxylic acid groups (broad SMARTS) is 3. The summed E-state index contributed by atoms with van der Waals surface area (Å²) in [6.07, 6.45) is -6.02. The number of carboxylic acids is 3. The van der Waals surface area contributed by atoms with E-state index in [-0.39, 0.29) is 45.2 Å². The Morgan fingerprint density at radius 1 is 0.514 bits per heavy atom. The van der Waals surface area contributed by atoms with Crippen molar-refractivity contribution in [1.82, 2.24) is 47.0 Å². The number of nitrogens with one attached hydrogen (secondary N) is 7. The number of likely N-dealkylation sites (tertiary alicyclic amines) is 2. The first kappa shape index (κ1) is 61.5. The van der Waals surface area contributed by atoms with Crippen LogP contribution in [0.1, 0.15) is 79.6 Å². The lowest BCUT2D eigenvalue weighted by Gasteiger charge is -2.32. The third-order valence-corrected chi connectivity index (χ3v) is 12.0. The van der Waals surface area contributed by atoms with Crippen LogP contribution in [0.3, 0.4) is 0 Å². The number of nitrogens with zero attached hydrogens (tertiary/aromatic N) is 2. The summed E-state index contributed by atoms with van der Waals surface area (Å²) < 4.78 is 0. The number of aliphatic hydroxyl groups excluding tert-OH is 5. The van der Waals surface area contributed by atoms with Crippen molar-refractivity contribution in [2.75, 3.05) is 26.3 Å². The molecular weight excluding hydrogens is 965 g/mol. The fourth-order valence-electron chi connectivity index (χ4n) is 7.72. The van der Waals surface area contributed by atoms with E-state index in [2.05, 4.69) is 26.6 Å². The molecule has 30 nitrogen and oxygen atoms in total. The second-order valence-electron chi connectivity index (χ2n) is 17.6. The smallest absolute Gasteiger partial charge is 0.328 e. The Bertz CT molecular complexity index is 2010. The van der Waals surface area contributed by atoms with Crippen molar-refractivity contribution in [3.05, 3.63) is 0 Å². The fourth-order valence-corrected chi connectivity index (χ4v) is 7.72. The van der Waals surface area contributed by atoms with E-state index in [4.69, 9.17) is 10.8 Å². The lowest BCUT2D eigenvalue weighted by Crippen LogP contribution is -2.63. The van der Waals surface area contributed by atoms with E-state index < -0.39 is 182 Å². The topological polar surface area (TPSA) is 483 Å². The van der Waals surface area contributed by atoms with Crippen LogP contribution in [-0.4, -0.2) is 227 Å². The second-order valence-corrected chi connectivity index (χ2v) is 17.6. The molecule has 0 aliphatic carbocycles. The van der Waals surface area contributed by atoms with Gasteiger partial charge in [-0.05, 0) is 52.4 Å². The fraction of sp³-hybridized carbons (Fsp3) is 0.714. The number of aliphatic carboxylic acids is 3. The molecule has 0 aromatic rings. The highest BCUT2D eigenvalue weighted by atomic mass is 16.4. The third kappa shape index (κ3) is 17.3. The molecule has 30 heteroatoms. The Balaban J connectivity index is 2.22. The van der Waals surface area contributed by atoms with E-state index in [0.29, 0.717) is 0 Å². The molecule has 0 bridgehead atoms. The van der Waals surface area contributed by atoms with Crippen molar-refractivity contribution < 1.29 is 98.4 Å². The predicted octanol–water partition coefficient (Wildman–Crippen LogP) is -8.10. The average molecular weight is 1030 g/mol. The van der Waals surface area contributed by atoms with Crippen molar-refractivity contribution in [3.63, 3.8) is 0 Å². The lowest BCUT2D eigenvalue weighted by atomic mass is 9.97. The molecule has 14 atom stereocenters. The van der Waals surface area contributed by atoms with Crippen molar-refractivity contribution in [2.45, 2.75) is 158 Å². The quantitative estimate of drug-likeness (QED) is 0.0346. The van der Waals surface area contributed by atoms with E-state index in [1.807, 2.05) is 10.6 Å². The third-order valence-electron chi connectivity index (χ3n) is 12.0. The van der Waals surface area contributed by atoms with Gasteiger partial charge >= 0.3 is 17.9 Å². The largest absolute Gasteiger partial charge is 0.481 e. The number of nitrogens with two attached hydrogens (primary N) is 1. The molecule has 2 rings (SSSR count). The van der Waals surface area contributed by atoms with Crippen LogP contribution in [0.4, 0.5) is 0 Å². The van der Waals surface area contributed by atoms with E-state index in [1.54, 1.807) is 6.92 Å². The van der Waals surface area contributed by atoms with Gasteiger partial charge in [-0.25, -0.2) is 4.79 Å². The molecule has 17 N–H and O–H groups in total. The molecular formula is C42H68N10O20. The van der Waals surface area contributed by atoms with Gasteiger partial charge in [-0.3, -0.25) is 52.7 Å². The summed E-state index contributed by atoms with van der Waals surface area (Å²) in [4.78, 5) is 157. The summed E-state index contributed by atoms with van der Waals surface area (Å²) in [6, 6.07) is -16.6. The lowest BCUT2D eigenvalue weighted by molar-refractivity contribution is -0.146. The molecule has 406 valence electrons. The minimum Gasteiger partial charge on any atom is -0.481 e. The van der Waals surface area contributed by atoms with E-state index in [1.165, 1.54) is 6.92 Å². The number of hydrogen-bond acceptors (Lipinski definition) is 18. The molecule has 9 amide bonds. The minimum atomic E-state index is -1.96. The summed E-state index contributed by atoms with van der Waals surface area (Å²) in [7, 11) is 0. The van der Waals surface area contributed by atoms with E-state index in [9.17, 15) is 93.3 Å². The number of amides is 9. The Hall–Kier alpha value is -6.60. The summed E-state index contributed by atoms with van der Waals surface area (Å²) >= 11 is 0. The number of carbonyl (C=O) groups excluding carboxylic acids is 9. The summed E-state index contributed by atoms with van der Waals surface area (Å²) in [5.74, 6) is -15.2. The van der Waals surface area contributed by atoms with Crippen LogP contribution in [0, 0.1) is 5.92 Å². The second kappa shape index (κ2) is 28.4. The minimum absolute atomic E-state index is 0.0326. The van der Waals surface area contributed by atoms with Crippen LogP contribution in [0.5, 0.6) is 0 Å². The van der Waals surface area contributed by atoms with Gasteiger partial charge in [0.2, 0.25) is 53.2 Å². The molecule has 0 aromatic heterocycles. The van der Waals surface area contributed by atoms with Gasteiger partial charge in [-0.15, -0.1) is 0 Å². The van der Waals surface area contributed by atoms with Gasteiger partial charge in [0.15, 0.2) is 6.04 Å². The SMILES string of the molecule is CC[C@H](C)[C@H](NC(=O)[C@@H](NC(=O)[C@@H]1CCCN1C(=O)[C@@H](NC(=O)[C@@H](N)CC(=O)O)[C@@H](C)O)[C@@H](C)O)C(=O)N[C@@H](CO)C(=O)N1CCC[C@H]1C(=O)N[C@@H](CO)C(=O)N[C@@H](CC(=O)O)C(=O)N[C@H](C(=O)O)[C@@H](C)O. The highest BCUT2D eigenvalue weighted by molar-refractivity contribution is 5.99. The zero-order valence-corrected chi connectivity index (χ0v) is 40.3. The van der Waals surface area contributed by atoms with Crippen LogP contribution in [0.2, 0.25) is 0 Å². The zero-order chi connectivity index (χ0) is 54.9.